The van der Waals surface area contributed by atoms with Gasteiger partial charge in [-0.15, -0.1) is 23.7 Å². The molecule has 4 heteroatoms. The third kappa shape index (κ3) is 3.85. The first-order valence-corrected chi connectivity index (χ1v) is 7.33. The van der Waals surface area contributed by atoms with E-state index in [-0.39, 0.29) is 18.4 Å². The summed E-state index contributed by atoms with van der Waals surface area (Å²) in [5.41, 5.74) is 7.33. The Morgan fingerprint density at radius 3 is 2.33 bits per heavy atom. The molecule has 0 aliphatic rings. The molecular formula is C17H16ClNOS. The second kappa shape index (κ2) is 7.27. The number of benzene rings is 2. The maximum Gasteiger partial charge on any atom is 0.127 e. The lowest BCUT2D eigenvalue weighted by atomic mass is 10.1. The average Bonchev–Trinajstić information content (AvgIpc) is 3.02. The fourth-order valence-corrected chi connectivity index (χ4v) is 2.78. The van der Waals surface area contributed by atoms with Gasteiger partial charge in [-0.25, -0.2) is 0 Å². The highest BCUT2D eigenvalue weighted by molar-refractivity contribution is 7.10. The van der Waals surface area contributed by atoms with Gasteiger partial charge in [0.05, 0.1) is 6.04 Å². The van der Waals surface area contributed by atoms with Crippen LogP contribution < -0.4 is 10.5 Å². The Labute approximate surface area is 134 Å². The average molecular weight is 318 g/mol. The molecule has 1 heterocycles. The second-order valence-corrected chi connectivity index (χ2v) is 5.46. The first-order valence-electron chi connectivity index (χ1n) is 6.45. The van der Waals surface area contributed by atoms with Crippen LogP contribution in [0.3, 0.4) is 0 Å². The van der Waals surface area contributed by atoms with Crippen molar-refractivity contribution in [3.8, 4) is 11.5 Å². The highest BCUT2D eigenvalue weighted by atomic mass is 35.5. The van der Waals surface area contributed by atoms with Gasteiger partial charge in [-0.2, -0.15) is 0 Å². The van der Waals surface area contributed by atoms with E-state index in [0.29, 0.717) is 0 Å². The van der Waals surface area contributed by atoms with Gasteiger partial charge in [0.1, 0.15) is 11.5 Å². The van der Waals surface area contributed by atoms with E-state index < -0.39 is 0 Å². The fourth-order valence-electron chi connectivity index (χ4n) is 2.03. The standard InChI is InChI=1S/C17H15NOS.ClH/c18-17(16-10-5-11-20-16)13-6-4-9-15(12-13)19-14-7-2-1-3-8-14;/h1-12,17H,18H2;1H/t17-;/m0./s1. The highest BCUT2D eigenvalue weighted by Gasteiger charge is 2.10. The molecule has 0 bridgehead atoms. The summed E-state index contributed by atoms with van der Waals surface area (Å²) in [4.78, 5) is 1.15. The van der Waals surface area contributed by atoms with E-state index in [4.69, 9.17) is 10.5 Å². The number of ether oxygens (including phenoxy) is 1. The fraction of sp³-hybridized carbons (Fsp3) is 0.0588. The van der Waals surface area contributed by atoms with E-state index >= 15 is 0 Å². The van der Waals surface area contributed by atoms with Crippen LogP contribution in [0.2, 0.25) is 0 Å². The number of rotatable bonds is 4. The quantitative estimate of drug-likeness (QED) is 0.734. The van der Waals surface area contributed by atoms with Gasteiger partial charge in [0.25, 0.3) is 0 Å². The van der Waals surface area contributed by atoms with Crippen molar-refractivity contribution < 1.29 is 4.74 Å². The van der Waals surface area contributed by atoms with Crippen molar-refractivity contribution in [1.29, 1.82) is 0 Å². The van der Waals surface area contributed by atoms with E-state index in [1.807, 2.05) is 66.0 Å². The first kappa shape index (κ1) is 15.6. The molecule has 0 fully saturated rings. The zero-order valence-electron chi connectivity index (χ0n) is 11.3. The lowest BCUT2D eigenvalue weighted by molar-refractivity contribution is 0.481. The van der Waals surface area contributed by atoms with Crippen LogP contribution in [0.4, 0.5) is 0 Å². The summed E-state index contributed by atoms with van der Waals surface area (Å²) in [6, 6.07) is 21.7. The number of hydrogen-bond donors (Lipinski definition) is 1. The Kier molecular flexibility index (Phi) is 5.39. The minimum absolute atomic E-state index is 0. The number of thiophene rings is 1. The highest BCUT2D eigenvalue weighted by Crippen LogP contribution is 2.28. The third-order valence-corrected chi connectivity index (χ3v) is 4.00. The third-order valence-electron chi connectivity index (χ3n) is 3.05. The Bertz CT molecular complexity index is 670. The van der Waals surface area contributed by atoms with E-state index in [1.165, 1.54) is 0 Å². The van der Waals surface area contributed by atoms with Gasteiger partial charge in [0, 0.05) is 4.88 Å². The van der Waals surface area contributed by atoms with Crippen molar-refractivity contribution in [1.82, 2.24) is 0 Å². The van der Waals surface area contributed by atoms with E-state index in [0.717, 1.165) is 21.9 Å². The number of para-hydroxylation sites is 1. The zero-order chi connectivity index (χ0) is 13.8. The van der Waals surface area contributed by atoms with Gasteiger partial charge in [-0.1, -0.05) is 36.4 Å². The lowest BCUT2D eigenvalue weighted by Gasteiger charge is -2.12. The van der Waals surface area contributed by atoms with Crippen molar-refractivity contribution in [2.45, 2.75) is 6.04 Å². The van der Waals surface area contributed by atoms with Crippen LogP contribution in [0, 0.1) is 0 Å². The first-order chi connectivity index (χ1) is 9.83. The molecule has 3 aromatic rings. The normalized spacial score (nSPS) is 11.5. The maximum absolute atomic E-state index is 6.28. The molecule has 21 heavy (non-hydrogen) atoms. The minimum Gasteiger partial charge on any atom is -0.457 e. The number of nitrogens with two attached hydrogens (primary N) is 1. The molecule has 0 aliphatic heterocycles. The van der Waals surface area contributed by atoms with Crippen LogP contribution in [-0.2, 0) is 0 Å². The molecule has 2 N–H and O–H groups in total. The molecule has 0 radical (unpaired) electrons. The van der Waals surface area contributed by atoms with E-state index in [1.54, 1.807) is 11.3 Å². The molecule has 0 amide bonds. The molecule has 0 unspecified atom stereocenters. The van der Waals surface area contributed by atoms with Crippen molar-refractivity contribution in [2.24, 2.45) is 5.73 Å². The SMILES string of the molecule is Cl.N[C@@H](c1cccc(Oc2ccccc2)c1)c1cccs1. The van der Waals surface area contributed by atoms with E-state index in [9.17, 15) is 0 Å². The van der Waals surface area contributed by atoms with Crippen molar-refractivity contribution in [3.05, 3.63) is 82.6 Å². The Morgan fingerprint density at radius 1 is 0.857 bits per heavy atom. The molecule has 108 valence electrons. The van der Waals surface area contributed by atoms with Crippen LogP contribution in [-0.4, -0.2) is 0 Å². The summed E-state index contributed by atoms with van der Waals surface area (Å²) in [5, 5.41) is 2.04. The van der Waals surface area contributed by atoms with Crippen LogP contribution in [0.15, 0.2) is 72.1 Å². The molecule has 0 spiro atoms. The molecule has 1 atom stereocenters. The summed E-state index contributed by atoms with van der Waals surface area (Å²) < 4.78 is 5.83. The molecule has 0 aliphatic carbocycles. The van der Waals surface area contributed by atoms with Crippen LogP contribution in [0.5, 0.6) is 11.5 Å². The molecule has 1 aromatic heterocycles. The Morgan fingerprint density at radius 2 is 1.62 bits per heavy atom. The number of halogens is 1. The predicted octanol–water partition coefficient (Wildman–Crippen LogP) is 5.01. The Balaban J connectivity index is 0.00000161. The molecule has 0 saturated heterocycles. The van der Waals surface area contributed by atoms with Gasteiger partial charge in [0.15, 0.2) is 0 Å². The summed E-state index contributed by atoms with van der Waals surface area (Å²) in [6.45, 7) is 0. The van der Waals surface area contributed by atoms with Gasteiger partial charge >= 0.3 is 0 Å². The maximum atomic E-state index is 6.28. The molecule has 3 rings (SSSR count). The monoisotopic (exact) mass is 317 g/mol. The van der Waals surface area contributed by atoms with Gasteiger partial charge in [0.2, 0.25) is 0 Å². The van der Waals surface area contributed by atoms with Crippen molar-refractivity contribution in [2.75, 3.05) is 0 Å². The predicted molar refractivity (Wildman–Crippen MR) is 90.6 cm³/mol. The van der Waals surface area contributed by atoms with E-state index in [2.05, 4.69) is 6.07 Å². The smallest absolute Gasteiger partial charge is 0.127 e. The van der Waals surface area contributed by atoms with Gasteiger partial charge in [-0.05, 0) is 41.3 Å². The Hall–Kier alpha value is -1.81. The summed E-state index contributed by atoms with van der Waals surface area (Å²) in [7, 11) is 0. The summed E-state index contributed by atoms with van der Waals surface area (Å²) in [6.07, 6.45) is 0. The second-order valence-electron chi connectivity index (χ2n) is 4.48. The van der Waals surface area contributed by atoms with Gasteiger partial charge < -0.3 is 10.5 Å². The minimum atomic E-state index is -0.102. The van der Waals surface area contributed by atoms with Gasteiger partial charge in [-0.3, -0.25) is 0 Å². The van der Waals surface area contributed by atoms with Crippen molar-refractivity contribution >= 4 is 23.7 Å². The van der Waals surface area contributed by atoms with Crippen LogP contribution in [0.25, 0.3) is 0 Å². The summed E-state index contributed by atoms with van der Waals surface area (Å²) in [5.74, 6) is 1.63. The largest absolute Gasteiger partial charge is 0.457 e. The molecule has 2 aromatic carbocycles. The molecular weight excluding hydrogens is 302 g/mol. The zero-order valence-corrected chi connectivity index (χ0v) is 12.9. The summed E-state index contributed by atoms with van der Waals surface area (Å²) >= 11 is 1.67. The lowest BCUT2D eigenvalue weighted by Crippen LogP contribution is -2.09. The molecule has 0 saturated carbocycles. The number of hydrogen-bond acceptors (Lipinski definition) is 3. The molecule has 2 nitrogen and oxygen atoms in total. The van der Waals surface area contributed by atoms with Crippen molar-refractivity contribution in [3.63, 3.8) is 0 Å². The van der Waals surface area contributed by atoms with Crippen LogP contribution >= 0.6 is 23.7 Å². The topological polar surface area (TPSA) is 35.2 Å². The van der Waals surface area contributed by atoms with Crippen LogP contribution in [0.1, 0.15) is 16.5 Å².